The summed E-state index contributed by atoms with van der Waals surface area (Å²) in [6.45, 7) is 17.4. The van der Waals surface area contributed by atoms with Crippen LogP contribution < -0.4 is 42.4 Å². The maximum Gasteiger partial charge on any atom is 0.410 e. The van der Waals surface area contributed by atoms with Crippen molar-refractivity contribution in [2.45, 2.75) is 250 Å². The number of hydrogen-bond acceptors (Lipinski definition) is 26. The van der Waals surface area contributed by atoms with E-state index in [9.17, 15) is 92.7 Å². The van der Waals surface area contributed by atoms with Gasteiger partial charge in [0, 0.05) is 99.3 Å². The lowest BCUT2D eigenvalue weighted by Gasteiger charge is -2.41. The molecule has 40 heteroatoms. The molecular weight excluding hydrogens is 1700 g/mol. The van der Waals surface area contributed by atoms with Gasteiger partial charge in [0.2, 0.25) is 53.5 Å². The van der Waals surface area contributed by atoms with E-state index in [0.29, 0.717) is 67.6 Å². The molecule has 0 saturated carbocycles. The van der Waals surface area contributed by atoms with Gasteiger partial charge in [-0.1, -0.05) is 123 Å². The van der Waals surface area contributed by atoms with Gasteiger partial charge < -0.3 is 116 Å². The number of nitrogens with zero attached hydrogens (tertiary/aromatic N) is 6. The number of aliphatic carboxylic acids is 2. The van der Waals surface area contributed by atoms with Crippen LogP contribution in [0.25, 0.3) is 0 Å². The fraction of sp³-hybridized carbons (Fsp3) is 0.611. The maximum absolute atomic E-state index is 15.1. The number of nitrogens with two attached hydrogens (primary N) is 1. The minimum Gasteiger partial charge on any atom is -0.481 e. The van der Waals surface area contributed by atoms with Gasteiger partial charge in [0.05, 0.1) is 42.7 Å². The molecule has 3 aromatic carbocycles. The highest BCUT2D eigenvalue weighted by molar-refractivity contribution is 6.13. The highest BCUT2D eigenvalue weighted by Crippen LogP contribution is 2.33. The number of anilines is 1. The standard InChI is InChI=1S/C90H133N13O27/c1-17-53(8)73(64(124-15)47-68(107)102-43-24-29-63(102)77(125-16)54(9)80(113)92-55(10)78(58-25-19-18-20-26-58)130-89(122)99(12)46-45-98(11)88(121)126-48-57-33-37-60(38-34-57)128-87-76(112)74(110)75(111)79(129-87)86(119)120)100(13)85(118)71(51(4)5)97-84(117)72(52(6)7)101(14)90(123)127-49-56-31-35-59(36-32-56)93-81(114)62(27-21-22-42-91)95-83(116)70(50(2)3)96-82(115)61(28-23-30-69(108)109)94-65(104)41-44-103-66(105)39-40-67(103)106/h18-20,25-26,31-40,50-55,61-64,70-79,87,110-112H,17,21-24,27-30,41-49,91H2,1-16H3,(H,92,113)(H,93,114)(H,94,104)(H,95,116)(H,96,115)(H,97,117)(H,108,109)(H,119,120)/t53-,54+,55+,61-,62-,63-,64+,70-,71-,72-,73-,74-,75-,76+,77+,78+,79-,87+/m0/s1. The molecule has 6 rings (SSSR count). The van der Waals surface area contributed by atoms with Gasteiger partial charge in [-0.25, -0.2) is 19.2 Å². The van der Waals surface area contributed by atoms with Crippen molar-refractivity contribution in [3.05, 3.63) is 108 Å². The van der Waals surface area contributed by atoms with Crippen LogP contribution in [0.4, 0.5) is 20.1 Å². The smallest absolute Gasteiger partial charge is 0.410 e. The van der Waals surface area contributed by atoms with Crippen LogP contribution >= 0.6 is 0 Å². The maximum atomic E-state index is 15.1. The molecule has 3 aliphatic heterocycles. The van der Waals surface area contributed by atoms with Gasteiger partial charge >= 0.3 is 30.2 Å². The zero-order chi connectivity index (χ0) is 96.7. The molecule has 13 N–H and O–H groups in total. The van der Waals surface area contributed by atoms with Crippen molar-refractivity contribution in [1.29, 1.82) is 0 Å². The lowest BCUT2D eigenvalue weighted by Crippen LogP contribution is -2.61. The number of methoxy groups -OCH3 is 2. The highest BCUT2D eigenvalue weighted by atomic mass is 16.7. The van der Waals surface area contributed by atoms with Crippen LogP contribution in [0.5, 0.6) is 5.75 Å². The lowest BCUT2D eigenvalue weighted by atomic mass is 9.89. The van der Waals surface area contributed by atoms with Crippen LogP contribution in [0.1, 0.15) is 163 Å². The quantitative estimate of drug-likeness (QED) is 0.0216. The van der Waals surface area contributed by atoms with E-state index in [1.54, 1.807) is 122 Å². The first-order valence-electron chi connectivity index (χ1n) is 43.9. The number of likely N-dealkylation sites (N-methyl/N-ethyl adjacent to an activating group) is 4. The van der Waals surface area contributed by atoms with Crippen molar-refractivity contribution in [1.82, 2.24) is 56.0 Å². The van der Waals surface area contributed by atoms with E-state index in [2.05, 4.69) is 31.9 Å². The predicted molar refractivity (Wildman–Crippen MR) is 470 cm³/mol. The fourth-order valence-electron chi connectivity index (χ4n) is 15.6. The summed E-state index contributed by atoms with van der Waals surface area (Å²) in [5.41, 5.74) is 7.64. The van der Waals surface area contributed by atoms with E-state index in [1.165, 1.54) is 74.3 Å². The molecule has 0 bridgehead atoms. The summed E-state index contributed by atoms with van der Waals surface area (Å²) in [6, 6.07) is 12.8. The zero-order valence-corrected chi connectivity index (χ0v) is 77.0. The third-order valence-electron chi connectivity index (χ3n) is 23.4. The number of aliphatic hydroxyl groups is 3. The molecule has 0 radical (unpaired) electrons. The molecule has 18 atom stereocenters. The van der Waals surface area contributed by atoms with Crippen molar-refractivity contribution >= 4 is 95.0 Å². The topological polar surface area (TPSA) is 539 Å². The Kier molecular flexibility index (Phi) is 42.8. The Labute approximate surface area is 758 Å². The number of rotatable bonds is 50. The number of aliphatic hydroxyl groups excluding tert-OH is 3. The Morgan fingerprint density at radius 1 is 0.600 bits per heavy atom. The lowest BCUT2D eigenvalue weighted by molar-refractivity contribution is -0.271. The molecule has 720 valence electrons. The molecule has 40 nitrogen and oxygen atoms in total. The molecule has 0 aliphatic carbocycles. The predicted octanol–water partition coefficient (Wildman–Crippen LogP) is 3.94. The first-order chi connectivity index (χ1) is 61.5. The number of benzene rings is 3. The summed E-state index contributed by atoms with van der Waals surface area (Å²) >= 11 is 0. The van der Waals surface area contributed by atoms with Crippen LogP contribution in [-0.4, -0.2) is 311 Å². The number of hydrogen-bond donors (Lipinski definition) is 12. The van der Waals surface area contributed by atoms with Gasteiger partial charge in [-0.3, -0.25) is 62.5 Å². The summed E-state index contributed by atoms with van der Waals surface area (Å²) < 4.78 is 40.3. The first kappa shape index (κ1) is 107. The molecule has 0 aromatic heterocycles. The van der Waals surface area contributed by atoms with E-state index >= 15 is 4.79 Å². The number of carbonyl (C=O) groups excluding carboxylic acids is 13. The van der Waals surface area contributed by atoms with Crippen molar-refractivity contribution in [2.75, 3.05) is 80.5 Å². The Bertz CT molecular complexity index is 4320. The number of nitrogens with one attached hydrogen (secondary N) is 6. The van der Waals surface area contributed by atoms with Gasteiger partial charge in [0.25, 0.3) is 11.8 Å². The van der Waals surface area contributed by atoms with Crippen LogP contribution in [0.2, 0.25) is 0 Å². The Morgan fingerprint density at radius 2 is 1.18 bits per heavy atom. The molecule has 0 spiro atoms. The second-order valence-corrected chi connectivity index (χ2v) is 34.2. The van der Waals surface area contributed by atoms with Crippen molar-refractivity contribution in [2.24, 2.45) is 35.3 Å². The fourth-order valence-corrected chi connectivity index (χ4v) is 15.6. The number of likely N-dealkylation sites (tertiary alicyclic amines) is 1. The number of carboxylic acid groups (broad SMARTS) is 2. The number of imide groups is 1. The van der Waals surface area contributed by atoms with Crippen molar-refractivity contribution < 1.29 is 131 Å². The highest BCUT2D eigenvalue weighted by Gasteiger charge is 2.49. The minimum atomic E-state index is -1.90. The van der Waals surface area contributed by atoms with Gasteiger partial charge in [-0.05, 0) is 123 Å². The molecular formula is C90H133N13O27. The van der Waals surface area contributed by atoms with Crippen LogP contribution in [0.3, 0.4) is 0 Å². The Balaban J connectivity index is 1.02. The Hall–Kier alpha value is -11.4. The van der Waals surface area contributed by atoms with Gasteiger partial charge in [-0.2, -0.15) is 0 Å². The monoisotopic (exact) mass is 1830 g/mol. The minimum absolute atomic E-state index is 0.00603. The summed E-state index contributed by atoms with van der Waals surface area (Å²) in [4.78, 5) is 210. The largest absolute Gasteiger partial charge is 0.481 e. The number of carboxylic acids is 2. The van der Waals surface area contributed by atoms with E-state index in [-0.39, 0.29) is 88.9 Å². The number of unbranched alkanes of at least 4 members (excludes halogenated alkanes) is 1. The van der Waals surface area contributed by atoms with E-state index < -0.39 is 204 Å². The van der Waals surface area contributed by atoms with Gasteiger partial charge in [0.15, 0.2) is 6.10 Å². The second-order valence-electron chi connectivity index (χ2n) is 34.2. The average molecular weight is 1830 g/mol. The van der Waals surface area contributed by atoms with Gasteiger partial charge in [0.1, 0.15) is 73.6 Å². The van der Waals surface area contributed by atoms with Crippen LogP contribution in [-0.2, 0) is 99.2 Å². The van der Waals surface area contributed by atoms with E-state index in [1.807, 2.05) is 13.8 Å². The number of amides is 13. The molecule has 2 saturated heterocycles. The molecule has 2 fully saturated rings. The van der Waals surface area contributed by atoms with Crippen molar-refractivity contribution in [3.63, 3.8) is 0 Å². The summed E-state index contributed by atoms with van der Waals surface area (Å²) in [6.07, 6.45) is -10.4. The second kappa shape index (κ2) is 51.8. The summed E-state index contributed by atoms with van der Waals surface area (Å²) in [5, 5.41) is 65.8. The first-order valence-corrected chi connectivity index (χ1v) is 43.9. The van der Waals surface area contributed by atoms with Gasteiger partial charge in [-0.15, -0.1) is 0 Å². The van der Waals surface area contributed by atoms with Crippen LogP contribution in [0, 0.1) is 29.6 Å². The summed E-state index contributed by atoms with van der Waals surface area (Å²) in [5.74, 6) is -11.3. The number of ether oxygens (including phenoxy) is 7. The average Bonchev–Trinajstić information content (AvgIpc) is 1.50. The molecule has 130 heavy (non-hydrogen) atoms. The molecule has 3 aromatic rings. The molecule has 3 aliphatic rings. The zero-order valence-electron chi connectivity index (χ0n) is 77.0. The third kappa shape index (κ3) is 30.9. The SMILES string of the molecule is CC[C@H](C)[C@@H]([C@@H](CC(=O)N1CCC[C@H]1[C@H](OC)[C@@H](C)C(=O)N[C@H](C)[C@@H](OC(=O)N(C)CCN(C)C(=O)OCc1ccc(O[C@@H]2O[C@H](C(=O)O)[C@@H](O)[C@H](O)[C@H]2O)cc1)c1ccccc1)OC)N(C)C(=O)[C@@H](NC(=O)[C@H](C(C)C)N(C)C(=O)OCc1ccc(NC(=O)[C@H](CCCCN)NC(=O)[C@@H](NC(=O)[C@H](CCCC(=O)O)NC(=O)CCN2C(=O)C=CC2=O)C(C)C)cc1)C(C)C. The summed E-state index contributed by atoms with van der Waals surface area (Å²) in [7, 11) is 8.86. The molecule has 3 heterocycles. The van der Waals surface area contributed by atoms with Crippen LogP contribution in [0.15, 0.2) is 91.0 Å². The Morgan fingerprint density at radius 3 is 1.74 bits per heavy atom. The van der Waals surface area contributed by atoms with Crippen molar-refractivity contribution in [3.8, 4) is 5.75 Å². The number of carbonyl (C=O) groups is 15. The van der Waals surface area contributed by atoms with E-state index in [0.717, 1.165) is 22.0 Å². The third-order valence-corrected chi connectivity index (χ3v) is 23.4. The molecule has 0 unspecified atom stereocenters. The normalized spacial score (nSPS) is 19.4. The van der Waals surface area contributed by atoms with E-state index in [4.69, 9.17) is 38.9 Å². The molecule has 13 amide bonds.